The van der Waals surface area contributed by atoms with Gasteiger partial charge in [-0.05, 0) is 36.4 Å². The molecule has 0 aromatic heterocycles. The molecule has 28 heavy (non-hydrogen) atoms. The van der Waals surface area contributed by atoms with Gasteiger partial charge in [-0.2, -0.15) is 0 Å². The number of halogens is 2. The summed E-state index contributed by atoms with van der Waals surface area (Å²) in [6.07, 6.45) is 0. The van der Waals surface area contributed by atoms with Crippen LogP contribution in [0.4, 0.5) is 5.69 Å². The minimum atomic E-state index is -4.08. The molecule has 0 aliphatic heterocycles. The first kappa shape index (κ1) is 20.2. The summed E-state index contributed by atoms with van der Waals surface area (Å²) in [5.74, 6) is -0.236. The van der Waals surface area contributed by atoms with Crippen molar-refractivity contribution >= 4 is 44.7 Å². The van der Waals surface area contributed by atoms with E-state index in [1.54, 1.807) is 30.3 Å². The monoisotopic (exact) mass is 435 g/mol. The van der Waals surface area contributed by atoms with Crippen molar-refractivity contribution < 1.29 is 17.9 Å². The van der Waals surface area contributed by atoms with Crippen LogP contribution in [0.3, 0.4) is 0 Å². The number of methoxy groups -OCH3 is 1. The van der Waals surface area contributed by atoms with E-state index in [4.69, 9.17) is 27.9 Å². The number of carbonyl (C=O) groups is 1. The number of hydrogen-bond donors (Lipinski definition) is 1. The summed E-state index contributed by atoms with van der Waals surface area (Å²) >= 11 is 12.0. The molecule has 3 aromatic carbocycles. The Morgan fingerprint density at radius 2 is 1.57 bits per heavy atom. The maximum Gasteiger partial charge on any atom is 0.265 e. The van der Waals surface area contributed by atoms with Crippen LogP contribution in [-0.2, 0) is 10.0 Å². The number of nitrogens with one attached hydrogen (secondary N) is 1. The molecule has 3 aromatic rings. The third-order valence-corrected chi connectivity index (χ3v) is 5.78. The van der Waals surface area contributed by atoms with Crippen molar-refractivity contribution in [1.29, 1.82) is 0 Å². The van der Waals surface area contributed by atoms with Gasteiger partial charge in [0.05, 0.1) is 12.8 Å². The van der Waals surface area contributed by atoms with Gasteiger partial charge in [-0.15, -0.1) is 0 Å². The number of rotatable bonds is 6. The van der Waals surface area contributed by atoms with E-state index < -0.39 is 10.0 Å². The van der Waals surface area contributed by atoms with Crippen LogP contribution in [0.25, 0.3) is 0 Å². The molecule has 0 heterocycles. The van der Waals surface area contributed by atoms with E-state index in [2.05, 4.69) is 4.72 Å². The first-order valence-corrected chi connectivity index (χ1v) is 10.3. The van der Waals surface area contributed by atoms with Crippen LogP contribution in [0.2, 0.25) is 10.0 Å². The highest BCUT2D eigenvalue weighted by atomic mass is 35.5. The lowest BCUT2D eigenvalue weighted by Crippen LogP contribution is -2.17. The topological polar surface area (TPSA) is 72.5 Å². The largest absolute Gasteiger partial charge is 0.495 e. The van der Waals surface area contributed by atoms with Gasteiger partial charge in [0.2, 0.25) is 0 Å². The third kappa shape index (κ3) is 4.30. The molecule has 144 valence electrons. The molecule has 0 fully saturated rings. The minimum absolute atomic E-state index is 0.0975. The van der Waals surface area contributed by atoms with Crippen LogP contribution < -0.4 is 9.46 Å². The lowest BCUT2D eigenvalue weighted by atomic mass is 10.0. The number of ether oxygens (including phenoxy) is 1. The van der Waals surface area contributed by atoms with E-state index in [9.17, 15) is 13.2 Å². The zero-order chi connectivity index (χ0) is 20.3. The van der Waals surface area contributed by atoms with E-state index in [0.717, 1.165) is 0 Å². The Morgan fingerprint density at radius 3 is 2.25 bits per heavy atom. The van der Waals surface area contributed by atoms with Crippen molar-refractivity contribution in [2.75, 3.05) is 11.8 Å². The predicted molar refractivity (Wildman–Crippen MR) is 110 cm³/mol. The SMILES string of the molecule is COc1ccc(Cl)cc1S(=O)(=O)Nc1ccc(Cl)cc1C(=O)c1ccccc1. The molecule has 3 rings (SSSR count). The number of anilines is 1. The van der Waals surface area contributed by atoms with Gasteiger partial charge >= 0.3 is 0 Å². The van der Waals surface area contributed by atoms with Crippen molar-refractivity contribution in [3.8, 4) is 5.75 Å². The van der Waals surface area contributed by atoms with Crippen molar-refractivity contribution in [1.82, 2.24) is 0 Å². The normalized spacial score (nSPS) is 11.1. The molecule has 0 amide bonds. The Bertz CT molecular complexity index is 1130. The number of carbonyl (C=O) groups excluding carboxylic acids is 1. The van der Waals surface area contributed by atoms with Crippen LogP contribution in [-0.4, -0.2) is 21.3 Å². The molecular weight excluding hydrogens is 421 g/mol. The summed E-state index contributed by atoms with van der Waals surface area (Å²) in [7, 11) is -2.73. The van der Waals surface area contributed by atoms with E-state index in [1.807, 2.05) is 0 Å². The summed E-state index contributed by atoms with van der Waals surface area (Å²) in [5, 5.41) is 0.542. The van der Waals surface area contributed by atoms with E-state index in [1.165, 1.54) is 43.5 Å². The van der Waals surface area contributed by atoms with Crippen molar-refractivity contribution in [3.63, 3.8) is 0 Å². The molecule has 0 radical (unpaired) electrons. The maximum absolute atomic E-state index is 12.9. The van der Waals surface area contributed by atoms with E-state index in [0.29, 0.717) is 10.6 Å². The van der Waals surface area contributed by atoms with Gasteiger partial charge < -0.3 is 4.74 Å². The second kappa shape index (κ2) is 8.22. The van der Waals surface area contributed by atoms with Crippen LogP contribution in [0.15, 0.2) is 71.6 Å². The lowest BCUT2D eigenvalue weighted by Gasteiger charge is -2.15. The van der Waals surface area contributed by atoms with Crippen LogP contribution in [0, 0.1) is 0 Å². The van der Waals surface area contributed by atoms with E-state index in [-0.39, 0.29) is 32.7 Å². The molecule has 0 unspecified atom stereocenters. The van der Waals surface area contributed by atoms with Gasteiger partial charge in [-0.25, -0.2) is 8.42 Å². The minimum Gasteiger partial charge on any atom is -0.495 e. The molecule has 0 aliphatic rings. The summed E-state index contributed by atoms with van der Waals surface area (Å²) < 4.78 is 33.4. The highest BCUT2D eigenvalue weighted by molar-refractivity contribution is 7.92. The predicted octanol–water partition coefficient (Wildman–Crippen LogP) is 5.03. The average Bonchev–Trinajstić information content (AvgIpc) is 2.69. The second-order valence-corrected chi connectivity index (χ2v) is 8.31. The lowest BCUT2D eigenvalue weighted by molar-refractivity contribution is 0.103. The Kier molecular flexibility index (Phi) is 5.93. The molecule has 0 atom stereocenters. The summed E-state index contributed by atoms with van der Waals surface area (Å²) in [6, 6.07) is 17.1. The molecule has 0 aliphatic carbocycles. The van der Waals surface area contributed by atoms with Gasteiger partial charge in [0, 0.05) is 21.2 Å². The number of benzene rings is 3. The first-order valence-electron chi connectivity index (χ1n) is 8.07. The second-order valence-electron chi connectivity index (χ2n) is 5.79. The Labute approximate surface area is 172 Å². The van der Waals surface area contributed by atoms with Crippen molar-refractivity contribution in [2.24, 2.45) is 0 Å². The van der Waals surface area contributed by atoms with Crippen LogP contribution in [0.5, 0.6) is 5.75 Å². The fourth-order valence-corrected chi connectivity index (χ4v) is 4.28. The number of hydrogen-bond acceptors (Lipinski definition) is 4. The standard InChI is InChI=1S/C20H15Cl2NO4S/c1-27-18-10-8-15(22)12-19(18)28(25,26)23-17-9-7-14(21)11-16(17)20(24)13-5-3-2-4-6-13/h2-12,23H,1H3. The Morgan fingerprint density at radius 1 is 0.929 bits per heavy atom. The van der Waals surface area contributed by atoms with Gasteiger partial charge in [0.25, 0.3) is 10.0 Å². The molecule has 1 N–H and O–H groups in total. The highest BCUT2D eigenvalue weighted by Gasteiger charge is 2.23. The Hall–Kier alpha value is -2.54. The average molecular weight is 436 g/mol. The first-order chi connectivity index (χ1) is 13.3. The molecule has 0 bridgehead atoms. The Balaban J connectivity index is 2.06. The number of ketones is 1. The maximum atomic E-state index is 12.9. The summed E-state index contributed by atoms with van der Waals surface area (Å²) in [4.78, 5) is 12.7. The molecule has 0 saturated carbocycles. The zero-order valence-corrected chi connectivity index (χ0v) is 17.0. The smallest absolute Gasteiger partial charge is 0.265 e. The molecule has 5 nitrogen and oxygen atoms in total. The van der Waals surface area contributed by atoms with Gasteiger partial charge in [-0.3, -0.25) is 9.52 Å². The van der Waals surface area contributed by atoms with Crippen molar-refractivity contribution in [2.45, 2.75) is 4.90 Å². The summed E-state index contributed by atoms with van der Waals surface area (Å²) in [6.45, 7) is 0. The fourth-order valence-electron chi connectivity index (χ4n) is 2.60. The fraction of sp³-hybridized carbons (Fsp3) is 0.0500. The van der Waals surface area contributed by atoms with Gasteiger partial charge in [0.15, 0.2) is 5.78 Å². The highest BCUT2D eigenvalue weighted by Crippen LogP contribution is 2.31. The zero-order valence-electron chi connectivity index (χ0n) is 14.6. The molecular formula is C20H15Cl2NO4S. The van der Waals surface area contributed by atoms with E-state index >= 15 is 0 Å². The summed E-state index contributed by atoms with van der Waals surface area (Å²) in [5.41, 5.74) is 0.633. The van der Waals surface area contributed by atoms with Crippen LogP contribution >= 0.6 is 23.2 Å². The quantitative estimate of drug-likeness (QED) is 0.550. The van der Waals surface area contributed by atoms with Gasteiger partial charge in [0.1, 0.15) is 10.6 Å². The number of sulfonamides is 1. The molecule has 8 heteroatoms. The van der Waals surface area contributed by atoms with Crippen molar-refractivity contribution in [3.05, 3.63) is 87.9 Å². The van der Waals surface area contributed by atoms with Gasteiger partial charge in [-0.1, -0.05) is 53.5 Å². The third-order valence-electron chi connectivity index (χ3n) is 3.92. The molecule has 0 spiro atoms. The molecule has 0 saturated heterocycles. The van der Waals surface area contributed by atoms with Crippen LogP contribution in [0.1, 0.15) is 15.9 Å².